The molecule has 86 valence electrons. The van der Waals surface area contributed by atoms with E-state index in [1.54, 1.807) is 33.0 Å². The predicted molar refractivity (Wildman–Crippen MR) is 64.0 cm³/mol. The standard InChI is InChI=1S/C11H13ClN2O2/c1-11(2)10(15)14(3)9-7(13)4-6(12)5-8(9)16-11/h4-5H,13H2,1-3H3. The van der Waals surface area contributed by atoms with Gasteiger partial charge in [-0.2, -0.15) is 0 Å². The number of nitrogens with zero attached hydrogens (tertiary/aromatic N) is 1. The second kappa shape index (κ2) is 3.28. The van der Waals surface area contributed by atoms with Gasteiger partial charge in [-0.05, 0) is 19.9 Å². The molecule has 1 aromatic rings. The van der Waals surface area contributed by atoms with Crippen LogP contribution in [0.1, 0.15) is 13.8 Å². The highest BCUT2D eigenvalue weighted by molar-refractivity contribution is 6.31. The second-order valence-electron chi connectivity index (χ2n) is 4.32. The number of carbonyl (C=O) groups is 1. The van der Waals surface area contributed by atoms with Crippen LogP contribution < -0.4 is 15.4 Å². The van der Waals surface area contributed by atoms with Gasteiger partial charge >= 0.3 is 0 Å². The molecule has 0 aromatic heterocycles. The molecule has 0 spiro atoms. The Morgan fingerprint density at radius 2 is 2.06 bits per heavy atom. The first-order chi connectivity index (χ1) is 7.33. The van der Waals surface area contributed by atoms with Crippen molar-refractivity contribution < 1.29 is 9.53 Å². The minimum absolute atomic E-state index is 0.131. The van der Waals surface area contributed by atoms with Crippen LogP contribution in [0.15, 0.2) is 12.1 Å². The Hall–Kier alpha value is -1.42. The summed E-state index contributed by atoms with van der Waals surface area (Å²) in [6.07, 6.45) is 0. The SMILES string of the molecule is CN1C(=O)C(C)(C)Oc2cc(Cl)cc(N)c21. The molecule has 0 saturated carbocycles. The van der Waals surface area contributed by atoms with Crippen LogP contribution >= 0.6 is 11.6 Å². The summed E-state index contributed by atoms with van der Waals surface area (Å²) in [6, 6.07) is 3.27. The third-order valence-electron chi connectivity index (χ3n) is 2.59. The van der Waals surface area contributed by atoms with Crippen molar-refractivity contribution in [1.82, 2.24) is 0 Å². The molecule has 0 radical (unpaired) electrons. The Bertz CT molecular complexity index is 471. The van der Waals surface area contributed by atoms with Crippen molar-refractivity contribution in [3.8, 4) is 5.75 Å². The van der Waals surface area contributed by atoms with Crippen molar-refractivity contribution in [3.05, 3.63) is 17.2 Å². The van der Waals surface area contributed by atoms with Crippen LogP contribution in [-0.2, 0) is 4.79 Å². The lowest BCUT2D eigenvalue weighted by atomic mass is 10.0. The lowest BCUT2D eigenvalue weighted by Gasteiger charge is -2.37. The molecule has 1 heterocycles. The van der Waals surface area contributed by atoms with Crippen LogP contribution in [0.4, 0.5) is 11.4 Å². The average Bonchev–Trinajstić information content (AvgIpc) is 2.12. The van der Waals surface area contributed by atoms with Crippen LogP contribution in [0.2, 0.25) is 5.02 Å². The summed E-state index contributed by atoms with van der Waals surface area (Å²) < 4.78 is 5.61. The first-order valence-electron chi connectivity index (χ1n) is 4.89. The van der Waals surface area contributed by atoms with E-state index in [0.717, 1.165) is 0 Å². The highest BCUT2D eigenvalue weighted by Gasteiger charge is 2.40. The lowest BCUT2D eigenvalue weighted by molar-refractivity contribution is -0.132. The number of halogens is 1. The van der Waals surface area contributed by atoms with Crippen molar-refractivity contribution >= 4 is 28.9 Å². The molecular weight excluding hydrogens is 228 g/mol. The van der Waals surface area contributed by atoms with Gasteiger partial charge in [0.15, 0.2) is 5.60 Å². The van der Waals surface area contributed by atoms with Crippen molar-refractivity contribution in [2.24, 2.45) is 0 Å². The molecule has 1 aromatic carbocycles. The zero-order chi connectivity index (χ0) is 12.1. The van der Waals surface area contributed by atoms with Gasteiger partial charge in [0.1, 0.15) is 11.4 Å². The fourth-order valence-electron chi connectivity index (χ4n) is 1.86. The zero-order valence-electron chi connectivity index (χ0n) is 9.37. The maximum atomic E-state index is 12.0. The third-order valence-corrected chi connectivity index (χ3v) is 2.81. The van der Waals surface area contributed by atoms with Crippen LogP contribution in [0.25, 0.3) is 0 Å². The molecule has 16 heavy (non-hydrogen) atoms. The number of anilines is 2. The summed E-state index contributed by atoms with van der Waals surface area (Å²) in [6.45, 7) is 3.43. The highest BCUT2D eigenvalue weighted by Crippen LogP contribution is 2.42. The molecule has 1 aliphatic rings. The smallest absolute Gasteiger partial charge is 0.270 e. The summed E-state index contributed by atoms with van der Waals surface area (Å²) in [5, 5.41) is 0.495. The van der Waals surface area contributed by atoms with E-state index in [9.17, 15) is 4.79 Å². The zero-order valence-corrected chi connectivity index (χ0v) is 10.1. The molecule has 0 saturated heterocycles. The quantitative estimate of drug-likeness (QED) is 0.707. The number of amides is 1. The van der Waals surface area contributed by atoms with E-state index in [1.807, 2.05) is 0 Å². The minimum Gasteiger partial charge on any atom is -0.476 e. The first kappa shape index (κ1) is 11.1. The number of likely N-dealkylation sites (N-methyl/N-ethyl adjacent to an activating group) is 1. The van der Waals surface area contributed by atoms with Gasteiger partial charge in [-0.1, -0.05) is 11.6 Å². The summed E-state index contributed by atoms with van der Waals surface area (Å²) in [5.74, 6) is 0.408. The molecule has 0 fully saturated rings. The summed E-state index contributed by atoms with van der Waals surface area (Å²) in [4.78, 5) is 13.5. The van der Waals surface area contributed by atoms with E-state index >= 15 is 0 Å². The van der Waals surface area contributed by atoms with Gasteiger partial charge in [-0.3, -0.25) is 4.79 Å². The summed E-state index contributed by atoms with van der Waals surface area (Å²) in [7, 11) is 1.68. The number of carbonyl (C=O) groups excluding carboxylic acids is 1. The molecule has 1 amide bonds. The number of hydrogen-bond donors (Lipinski definition) is 1. The van der Waals surface area contributed by atoms with Crippen molar-refractivity contribution in [2.75, 3.05) is 17.7 Å². The lowest BCUT2D eigenvalue weighted by Crippen LogP contribution is -2.51. The van der Waals surface area contributed by atoms with Gasteiger partial charge in [0.05, 0.1) is 5.69 Å². The monoisotopic (exact) mass is 240 g/mol. The topological polar surface area (TPSA) is 55.6 Å². The number of benzene rings is 1. The van der Waals surface area contributed by atoms with E-state index in [1.165, 1.54) is 4.90 Å². The first-order valence-corrected chi connectivity index (χ1v) is 5.27. The Labute approximate surface area is 98.9 Å². The van der Waals surface area contributed by atoms with Crippen molar-refractivity contribution in [1.29, 1.82) is 0 Å². The number of nitrogen functional groups attached to an aromatic ring is 1. The normalized spacial score (nSPS) is 18.0. The van der Waals surface area contributed by atoms with Gasteiger partial charge in [0.25, 0.3) is 5.91 Å². The Morgan fingerprint density at radius 3 is 2.69 bits per heavy atom. The highest BCUT2D eigenvalue weighted by atomic mass is 35.5. The maximum Gasteiger partial charge on any atom is 0.270 e. The number of ether oxygens (including phenoxy) is 1. The van der Waals surface area contributed by atoms with Crippen LogP contribution in [0.3, 0.4) is 0 Å². The van der Waals surface area contributed by atoms with Gasteiger partial charge in [-0.15, -0.1) is 0 Å². The maximum absolute atomic E-state index is 12.0. The van der Waals surface area contributed by atoms with E-state index in [2.05, 4.69) is 0 Å². The van der Waals surface area contributed by atoms with E-state index in [0.29, 0.717) is 22.1 Å². The van der Waals surface area contributed by atoms with Gasteiger partial charge < -0.3 is 15.4 Å². The Morgan fingerprint density at radius 1 is 1.44 bits per heavy atom. The Kier molecular flexibility index (Phi) is 2.27. The van der Waals surface area contributed by atoms with E-state index in [4.69, 9.17) is 22.1 Å². The number of rotatable bonds is 0. The predicted octanol–water partition coefficient (Wildman–Crippen LogP) is 2.06. The molecule has 0 unspecified atom stereocenters. The molecule has 0 aliphatic carbocycles. The fraction of sp³-hybridized carbons (Fsp3) is 0.364. The molecule has 2 rings (SSSR count). The molecular formula is C11H13ClN2O2. The Balaban J connectivity index is 2.64. The molecule has 0 atom stereocenters. The van der Waals surface area contributed by atoms with Crippen LogP contribution in [0.5, 0.6) is 5.75 Å². The molecule has 5 heteroatoms. The molecule has 2 N–H and O–H groups in total. The third kappa shape index (κ3) is 1.50. The largest absolute Gasteiger partial charge is 0.476 e. The summed E-state index contributed by atoms with van der Waals surface area (Å²) >= 11 is 5.90. The fourth-order valence-corrected chi connectivity index (χ4v) is 2.07. The van der Waals surface area contributed by atoms with Crippen molar-refractivity contribution in [3.63, 3.8) is 0 Å². The number of nitrogens with two attached hydrogens (primary N) is 1. The summed E-state index contributed by atoms with van der Waals surface area (Å²) in [5.41, 5.74) is 5.95. The van der Waals surface area contributed by atoms with Crippen LogP contribution in [-0.4, -0.2) is 18.6 Å². The van der Waals surface area contributed by atoms with Gasteiger partial charge in [0.2, 0.25) is 0 Å². The minimum atomic E-state index is -0.890. The second-order valence-corrected chi connectivity index (χ2v) is 4.75. The van der Waals surface area contributed by atoms with Gasteiger partial charge in [0, 0.05) is 18.1 Å². The molecule has 1 aliphatic heterocycles. The van der Waals surface area contributed by atoms with Crippen molar-refractivity contribution in [2.45, 2.75) is 19.4 Å². The van der Waals surface area contributed by atoms with E-state index < -0.39 is 5.60 Å². The van der Waals surface area contributed by atoms with Crippen LogP contribution in [0, 0.1) is 0 Å². The number of hydrogen-bond acceptors (Lipinski definition) is 3. The molecule has 0 bridgehead atoms. The van der Waals surface area contributed by atoms with E-state index in [-0.39, 0.29) is 5.91 Å². The molecule has 4 nitrogen and oxygen atoms in total. The number of fused-ring (bicyclic) bond motifs is 1. The van der Waals surface area contributed by atoms with Gasteiger partial charge in [-0.25, -0.2) is 0 Å². The average molecular weight is 241 g/mol.